The molecular weight excluding hydrogens is 519 g/mol. The largest absolute Gasteiger partial charge is 0.469 e. The van der Waals surface area contributed by atoms with Crippen LogP contribution in [0.5, 0.6) is 0 Å². The molecule has 0 bridgehead atoms. The lowest BCUT2D eigenvalue weighted by Gasteiger charge is -2.18. The highest BCUT2D eigenvalue weighted by Gasteiger charge is 2.22. The van der Waals surface area contributed by atoms with Crippen LogP contribution in [0.2, 0.25) is 0 Å². The SMILES string of the molecule is CCC/C=C\C/C=C\CCCCCCCC(=O)OC(COC(=O)CCCCCCCCCC)COP(=O)(O)O. The first-order chi connectivity index (χ1) is 18.8. The molecule has 228 valence electrons. The smallest absolute Gasteiger partial charge is 0.462 e. The Hall–Kier alpha value is -1.47. The minimum absolute atomic E-state index is 0.197. The topological polar surface area (TPSA) is 119 Å². The van der Waals surface area contributed by atoms with Crippen LogP contribution >= 0.6 is 7.82 Å². The molecule has 0 aromatic carbocycles. The first-order valence-electron chi connectivity index (χ1n) is 15.1. The molecule has 0 saturated heterocycles. The van der Waals surface area contributed by atoms with E-state index in [1.165, 1.54) is 38.5 Å². The first-order valence-corrected chi connectivity index (χ1v) is 16.7. The molecule has 1 unspecified atom stereocenters. The van der Waals surface area contributed by atoms with Gasteiger partial charge in [0.15, 0.2) is 6.10 Å². The van der Waals surface area contributed by atoms with Crippen molar-refractivity contribution >= 4 is 19.8 Å². The molecule has 8 nitrogen and oxygen atoms in total. The minimum Gasteiger partial charge on any atom is -0.462 e. The van der Waals surface area contributed by atoms with E-state index < -0.39 is 32.5 Å². The third kappa shape index (κ3) is 29.3. The Kier molecular flexibility index (Phi) is 25.7. The Labute approximate surface area is 237 Å². The number of carbonyl (C=O) groups is 2. The second-order valence-electron chi connectivity index (χ2n) is 10.1. The van der Waals surface area contributed by atoms with Gasteiger partial charge < -0.3 is 19.3 Å². The summed E-state index contributed by atoms with van der Waals surface area (Å²) in [5.74, 6) is -0.909. The van der Waals surface area contributed by atoms with E-state index in [2.05, 4.69) is 42.7 Å². The van der Waals surface area contributed by atoms with E-state index in [0.29, 0.717) is 6.42 Å². The number of phosphoric ester groups is 1. The Balaban J connectivity index is 4.09. The van der Waals surface area contributed by atoms with Crippen LogP contribution in [0, 0.1) is 0 Å². The maximum absolute atomic E-state index is 12.2. The summed E-state index contributed by atoms with van der Waals surface area (Å²) >= 11 is 0. The van der Waals surface area contributed by atoms with Gasteiger partial charge in [-0.25, -0.2) is 4.57 Å². The fourth-order valence-electron chi connectivity index (χ4n) is 3.94. The van der Waals surface area contributed by atoms with Crippen LogP contribution in [-0.2, 0) is 28.2 Å². The van der Waals surface area contributed by atoms with Crippen molar-refractivity contribution in [3.8, 4) is 0 Å². The highest BCUT2D eigenvalue weighted by atomic mass is 31.2. The van der Waals surface area contributed by atoms with Gasteiger partial charge in [-0.15, -0.1) is 0 Å². The zero-order valence-electron chi connectivity index (χ0n) is 24.5. The monoisotopic (exact) mass is 574 g/mol. The fourth-order valence-corrected chi connectivity index (χ4v) is 4.30. The molecule has 0 fully saturated rings. The molecule has 0 radical (unpaired) electrons. The second-order valence-corrected chi connectivity index (χ2v) is 11.3. The van der Waals surface area contributed by atoms with Crippen LogP contribution in [0.3, 0.4) is 0 Å². The van der Waals surface area contributed by atoms with Crippen molar-refractivity contribution < 1.29 is 37.9 Å². The minimum atomic E-state index is -4.74. The average molecular weight is 575 g/mol. The maximum atomic E-state index is 12.2. The van der Waals surface area contributed by atoms with Crippen molar-refractivity contribution in [1.82, 2.24) is 0 Å². The van der Waals surface area contributed by atoms with E-state index in [4.69, 9.17) is 19.3 Å². The Morgan fingerprint density at radius 2 is 1.21 bits per heavy atom. The van der Waals surface area contributed by atoms with Gasteiger partial charge in [0.05, 0.1) is 6.61 Å². The van der Waals surface area contributed by atoms with E-state index in [0.717, 1.165) is 64.2 Å². The van der Waals surface area contributed by atoms with Crippen LogP contribution in [-0.4, -0.2) is 41.0 Å². The number of allylic oxidation sites excluding steroid dienone is 4. The third-order valence-corrected chi connectivity index (χ3v) is 6.69. The molecule has 2 N–H and O–H groups in total. The van der Waals surface area contributed by atoms with Crippen molar-refractivity contribution in [3.05, 3.63) is 24.3 Å². The lowest BCUT2D eigenvalue weighted by molar-refractivity contribution is -0.161. The summed E-state index contributed by atoms with van der Waals surface area (Å²) in [4.78, 5) is 42.3. The van der Waals surface area contributed by atoms with E-state index in [1.807, 2.05) is 0 Å². The van der Waals surface area contributed by atoms with Crippen LogP contribution in [0.1, 0.15) is 136 Å². The van der Waals surface area contributed by atoms with Gasteiger partial charge >= 0.3 is 19.8 Å². The lowest BCUT2D eigenvalue weighted by atomic mass is 10.1. The number of hydrogen-bond donors (Lipinski definition) is 2. The zero-order chi connectivity index (χ0) is 29.0. The van der Waals surface area contributed by atoms with Gasteiger partial charge in [0.25, 0.3) is 0 Å². The van der Waals surface area contributed by atoms with Crippen molar-refractivity contribution in [3.63, 3.8) is 0 Å². The lowest BCUT2D eigenvalue weighted by Crippen LogP contribution is -2.29. The molecule has 0 amide bonds. The quantitative estimate of drug-likeness (QED) is 0.0437. The molecule has 0 aromatic heterocycles. The van der Waals surface area contributed by atoms with Crippen molar-refractivity contribution in [2.24, 2.45) is 0 Å². The summed E-state index contributed by atoms with van der Waals surface area (Å²) in [5, 5.41) is 0. The number of esters is 2. The maximum Gasteiger partial charge on any atom is 0.469 e. The summed E-state index contributed by atoms with van der Waals surface area (Å²) in [6.07, 6.45) is 26.3. The van der Waals surface area contributed by atoms with Crippen molar-refractivity contribution in [1.29, 1.82) is 0 Å². The fraction of sp³-hybridized carbons (Fsp3) is 0.800. The highest BCUT2D eigenvalue weighted by Crippen LogP contribution is 2.35. The summed E-state index contributed by atoms with van der Waals surface area (Å²) in [6.45, 7) is 3.53. The molecular formula is C30H55O8P. The standard InChI is InChI=1S/C30H55O8P/c1-3-5-7-9-11-13-14-15-16-17-19-21-23-25-30(32)38-28(27-37-39(33,34)35)26-36-29(31)24-22-20-18-12-10-8-6-4-2/h7,9,13-14,28H,3-6,8,10-12,15-27H2,1-2H3,(H2,33,34,35)/b9-7-,14-13-. The molecule has 0 rings (SSSR count). The molecule has 0 aliphatic carbocycles. The summed E-state index contributed by atoms with van der Waals surface area (Å²) in [7, 11) is -4.74. The first kappa shape index (κ1) is 37.5. The van der Waals surface area contributed by atoms with Gasteiger partial charge in [-0.1, -0.05) is 109 Å². The van der Waals surface area contributed by atoms with Gasteiger partial charge in [0.2, 0.25) is 0 Å². The van der Waals surface area contributed by atoms with Crippen molar-refractivity contribution in [2.75, 3.05) is 13.2 Å². The van der Waals surface area contributed by atoms with Gasteiger partial charge in [-0.2, -0.15) is 0 Å². The normalized spacial score (nSPS) is 12.8. The van der Waals surface area contributed by atoms with Crippen molar-refractivity contribution in [2.45, 2.75) is 142 Å². The van der Waals surface area contributed by atoms with E-state index >= 15 is 0 Å². The molecule has 39 heavy (non-hydrogen) atoms. The molecule has 0 aliphatic rings. The van der Waals surface area contributed by atoms with Crippen LogP contribution in [0.4, 0.5) is 0 Å². The van der Waals surface area contributed by atoms with Gasteiger partial charge in [-0.3, -0.25) is 14.1 Å². The average Bonchev–Trinajstić information content (AvgIpc) is 2.89. The number of ether oxygens (including phenoxy) is 2. The molecule has 0 heterocycles. The third-order valence-electron chi connectivity index (χ3n) is 6.20. The summed E-state index contributed by atoms with van der Waals surface area (Å²) in [6, 6.07) is 0. The second kappa shape index (κ2) is 26.7. The molecule has 0 aliphatic heterocycles. The Morgan fingerprint density at radius 3 is 1.79 bits per heavy atom. The number of hydrogen-bond acceptors (Lipinski definition) is 6. The molecule has 1 atom stereocenters. The number of carbonyl (C=O) groups excluding carboxylic acids is 2. The number of unbranched alkanes of at least 4 members (excludes halogenated alkanes) is 13. The van der Waals surface area contributed by atoms with Crippen LogP contribution in [0.15, 0.2) is 24.3 Å². The summed E-state index contributed by atoms with van der Waals surface area (Å²) < 4.78 is 26.0. The Morgan fingerprint density at radius 1 is 0.667 bits per heavy atom. The van der Waals surface area contributed by atoms with Crippen LogP contribution < -0.4 is 0 Å². The Bertz CT molecular complexity index is 701. The number of phosphoric acid groups is 1. The zero-order valence-corrected chi connectivity index (χ0v) is 25.4. The van der Waals surface area contributed by atoms with E-state index in [1.54, 1.807) is 0 Å². The summed E-state index contributed by atoms with van der Waals surface area (Å²) in [5.41, 5.74) is 0. The molecule has 0 aromatic rings. The van der Waals surface area contributed by atoms with E-state index in [-0.39, 0.29) is 19.4 Å². The predicted molar refractivity (Wildman–Crippen MR) is 156 cm³/mol. The van der Waals surface area contributed by atoms with Gasteiger partial charge in [0, 0.05) is 12.8 Å². The molecule has 0 spiro atoms. The van der Waals surface area contributed by atoms with Crippen LogP contribution in [0.25, 0.3) is 0 Å². The highest BCUT2D eigenvalue weighted by molar-refractivity contribution is 7.46. The molecule has 0 saturated carbocycles. The predicted octanol–water partition coefficient (Wildman–Crippen LogP) is 8.11. The molecule has 9 heteroatoms. The van der Waals surface area contributed by atoms with E-state index in [9.17, 15) is 14.2 Å². The van der Waals surface area contributed by atoms with Gasteiger partial charge in [0.1, 0.15) is 6.61 Å². The van der Waals surface area contributed by atoms with Gasteiger partial charge in [-0.05, 0) is 38.5 Å². The number of rotatable bonds is 27.